The van der Waals surface area contributed by atoms with Gasteiger partial charge in [-0.15, -0.1) is 0 Å². The van der Waals surface area contributed by atoms with Crippen LogP contribution in [0, 0.1) is 20.2 Å². The van der Waals surface area contributed by atoms with Gasteiger partial charge in [0.15, 0.2) is 0 Å². The number of para-hydroxylation sites is 1. The van der Waals surface area contributed by atoms with E-state index in [0.717, 1.165) is 0 Å². The number of hydrogen-bond donors (Lipinski definition) is 1. The highest BCUT2D eigenvalue weighted by Gasteiger charge is 2.07. The highest BCUT2D eigenvalue weighted by Crippen LogP contribution is 2.20. The van der Waals surface area contributed by atoms with E-state index in [-0.39, 0.29) is 18.0 Å². The lowest BCUT2D eigenvalue weighted by molar-refractivity contribution is -0.385. The largest absolute Gasteiger partial charge is 0.488 e. The molecule has 0 aliphatic heterocycles. The Kier molecular flexibility index (Phi) is 6.11. The summed E-state index contributed by atoms with van der Waals surface area (Å²) in [4.78, 5) is 20.6. The van der Waals surface area contributed by atoms with E-state index in [9.17, 15) is 20.2 Å². The van der Waals surface area contributed by atoms with Crippen LogP contribution >= 0.6 is 0 Å². The first kappa shape index (κ1) is 19.5. The fourth-order valence-corrected chi connectivity index (χ4v) is 2.47. The molecule has 3 aromatic rings. The number of nitrogens with one attached hydrogen (secondary N) is 1. The maximum atomic E-state index is 10.9. The Labute approximate surface area is 165 Å². The molecular weight excluding hydrogens is 376 g/mol. The molecule has 0 heterocycles. The molecule has 3 aromatic carbocycles. The van der Waals surface area contributed by atoms with E-state index < -0.39 is 9.85 Å². The summed E-state index contributed by atoms with van der Waals surface area (Å²) in [6.07, 6.45) is 1.56. The summed E-state index contributed by atoms with van der Waals surface area (Å²) in [6.45, 7) is 0.169. The Morgan fingerprint density at radius 3 is 2.34 bits per heavy atom. The molecule has 0 unspecified atom stereocenters. The molecule has 0 radical (unpaired) electrons. The lowest BCUT2D eigenvalue weighted by Gasteiger charge is -2.09. The van der Waals surface area contributed by atoms with Crippen molar-refractivity contribution in [3.63, 3.8) is 0 Å². The number of anilines is 1. The van der Waals surface area contributed by atoms with Gasteiger partial charge in [-0.3, -0.25) is 25.7 Å². The first-order valence-electron chi connectivity index (χ1n) is 8.51. The van der Waals surface area contributed by atoms with Gasteiger partial charge in [0.1, 0.15) is 12.4 Å². The molecule has 0 saturated carbocycles. The number of rotatable bonds is 8. The molecular formula is C20H16N4O5. The van der Waals surface area contributed by atoms with Gasteiger partial charge >= 0.3 is 0 Å². The Morgan fingerprint density at radius 2 is 1.62 bits per heavy atom. The molecule has 1 N–H and O–H groups in total. The van der Waals surface area contributed by atoms with Crippen LogP contribution in [0.3, 0.4) is 0 Å². The monoisotopic (exact) mass is 392 g/mol. The van der Waals surface area contributed by atoms with E-state index in [4.69, 9.17) is 4.74 Å². The number of nitro benzene ring substituents is 2. The molecule has 9 nitrogen and oxygen atoms in total. The van der Waals surface area contributed by atoms with Crippen molar-refractivity contribution in [2.75, 3.05) is 5.43 Å². The minimum atomic E-state index is -0.470. The second kappa shape index (κ2) is 9.09. The molecule has 0 bridgehead atoms. The molecule has 0 aromatic heterocycles. The predicted molar refractivity (Wildman–Crippen MR) is 108 cm³/mol. The van der Waals surface area contributed by atoms with Crippen molar-refractivity contribution in [3.05, 3.63) is 104 Å². The number of non-ortho nitro benzene ring substituents is 2. The van der Waals surface area contributed by atoms with E-state index in [1.807, 2.05) is 18.2 Å². The van der Waals surface area contributed by atoms with Gasteiger partial charge < -0.3 is 4.74 Å². The van der Waals surface area contributed by atoms with Crippen LogP contribution in [0.4, 0.5) is 17.1 Å². The maximum absolute atomic E-state index is 10.9. The van der Waals surface area contributed by atoms with Crippen molar-refractivity contribution >= 4 is 23.3 Å². The third-order valence-electron chi connectivity index (χ3n) is 3.91. The SMILES string of the molecule is O=[N+]([O-])c1ccc(N/N=C/c2ccccc2OCc2cccc([N+](=O)[O-])c2)cc1. The van der Waals surface area contributed by atoms with E-state index in [1.165, 1.54) is 24.3 Å². The van der Waals surface area contributed by atoms with Crippen LogP contribution in [0.15, 0.2) is 77.9 Å². The first-order valence-corrected chi connectivity index (χ1v) is 8.51. The molecule has 0 atom stereocenters. The summed E-state index contributed by atoms with van der Waals surface area (Å²) in [7, 11) is 0. The van der Waals surface area contributed by atoms with E-state index >= 15 is 0 Å². The number of hydrogen-bond acceptors (Lipinski definition) is 7. The molecule has 0 amide bonds. The zero-order chi connectivity index (χ0) is 20.6. The Hall–Kier alpha value is -4.27. The Bertz CT molecular complexity index is 1050. The van der Waals surface area contributed by atoms with Crippen molar-refractivity contribution in [3.8, 4) is 5.75 Å². The molecule has 3 rings (SSSR count). The predicted octanol–water partition coefficient (Wildman–Crippen LogP) is 4.53. The summed E-state index contributed by atoms with van der Waals surface area (Å²) in [5.74, 6) is 0.563. The third kappa shape index (κ3) is 5.36. The summed E-state index contributed by atoms with van der Waals surface area (Å²) in [5, 5.41) is 25.7. The van der Waals surface area contributed by atoms with Gasteiger partial charge in [-0.05, 0) is 29.8 Å². The third-order valence-corrected chi connectivity index (χ3v) is 3.91. The summed E-state index contributed by atoms with van der Waals surface area (Å²) >= 11 is 0. The lowest BCUT2D eigenvalue weighted by Crippen LogP contribution is -2.00. The molecule has 146 valence electrons. The van der Waals surface area contributed by atoms with Crippen LogP contribution in [-0.4, -0.2) is 16.1 Å². The highest BCUT2D eigenvalue weighted by molar-refractivity contribution is 5.84. The second-order valence-electron chi connectivity index (χ2n) is 5.93. The minimum absolute atomic E-state index is 0.000533. The smallest absolute Gasteiger partial charge is 0.269 e. The molecule has 0 aliphatic rings. The summed E-state index contributed by atoms with van der Waals surface area (Å²) in [5.41, 5.74) is 4.78. The van der Waals surface area contributed by atoms with Gasteiger partial charge in [0, 0.05) is 29.8 Å². The van der Waals surface area contributed by atoms with Crippen LogP contribution in [0.2, 0.25) is 0 Å². The first-order chi connectivity index (χ1) is 14.0. The van der Waals surface area contributed by atoms with Crippen molar-refractivity contribution in [2.45, 2.75) is 6.61 Å². The van der Waals surface area contributed by atoms with Crippen LogP contribution in [0.5, 0.6) is 5.75 Å². The molecule has 0 aliphatic carbocycles. The second-order valence-corrected chi connectivity index (χ2v) is 5.93. The van der Waals surface area contributed by atoms with Gasteiger partial charge in [-0.2, -0.15) is 5.10 Å². The van der Waals surface area contributed by atoms with Crippen molar-refractivity contribution in [1.82, 2.24) is 0 Å². The normalized spacial score (nSPS) is 10.6. The fraction of sp³-hybridized carbons (Fsp3) is 0.0500. The van der Waals surface area contributed by atoms with Gasteiger partial charge in [0.2, 0.25) is 0 Å². The van der Waals surface area contributed by atoms with Crippen LogP contribution in [0.1, 0.15) is 11.1 Å². The topological polar surface area (TPSA) is 120 Å². The number of hydrazone groups is 1. The molecule has 0 spiro atoms. The standard InChI is InChI=1S/C20H16N4O5/c25-23(26)18-10-8-17(9-11-18)22-21-13-16-5-1-2-7-20(16)29-14-15-4-3-6-19(12-15)24(27)28/h1-13,22H,14H2/b21-13+. The Balaban J connectivity index is 1.65. The number of ether oxygens (including phenoxy) is 1. The lowest BCUT2D eigenvalue weighted by atomic mass is 10.2. The summed E-state index contributed by atoms with van der Waals surface area (Å²) < 4.78 is 5.79. The van der Waals surface area contributed by atoms with E-state index in [2.05, 4.69) is 10.5 Å². The van der Waals surface area contributed by atoms with Gasteiger partial charge in [-0.1, -0.05) is 24.3 Å². The average molecular weight is 392 g/mol. The van der Waals surface area contributed by atoms with Crippen LogP contribution < -0.4 is 10.2 Å². The highest BCUT2D eigenvalue weighted by atomic mass is 16.6. The minimum Gasteiger partial charge on any atom is -0.488 e. The van der Waals surface area contributed by atoms with Crippen molar-refractivity contribution in [2.24, 2.45) is 5.10 Å². The fourth-order valence-electron chi connectivity index (χ4n) is 2.47. The molecule has 0 fully saturated rings. The molecule has 9 heteroatoms. The van der Waals surface area contributed by atoms with E-state index in [0.29, 0.717) is 22.6 Å². The molecule has 0 saturated heterocycles. The van der Waals surface area contributed by atoms with E-state index in [1.54, 1.807) is 36.5 Å². The van der Waals surface area contributed by atoms with Gasteiger partial charge in [-0.25, -0.2) is 0 Å². The molecule has 29 heavy (non-hydrogen) atoms. The van der Waals surface area contributed by atoms with Crippen LogP contribution in [0.25, 0.3) is 0 Å². The van der Waals surface area contributed by atoms with Crippen LogP contribution in [-0.2, 0) is 6.61 Å². The Morgan fingerprint density at radius 1 is 0.897 bits per heavy atom. The number of nitro groups is 2. The zero-order valence-electron chi connectivity index (χ0n) is 15.1. The summed E-state index contributed by atoms with van der Waals surface area (Å²) in [6, 6.07) is 19.3. The van der Waals surface area contributed by atoms with Gasteiger partial charge in [0.05, 0.1) is 21.7 Å². The quantitative estimate of drug-likeness (QED) is 0.342. The van der Waals surface area contributed by atoms with Crippen molar-refractivity contribution < 1.29 is 14.6 Å². The van der Waals surface area contributed by atoms with Gasteiger partial charge in [0.25, 0.3) is 11.4 Å². The zero-order valence-corrected chi connectivity index (χ0v) is 15.1. The number of nitrogens with zero attached hydrogens (tertiary/aromatic N) is 3. The number of benzene rings is 3. The average Bonchev–Trinajstić information content (AvgIpc) is 2.73. The van der Waals surface area contributed by atoms with Crippen molar-refractivity contribution in [1.29, 1.82) is 0 Å². The maximum Gasteiger partial charge on any atom is 0.269 e.